The molecule has 1 amide bonds. The highest BCUT2D eigenvalue weighted by atomic mass is 32.2. The van der Waals surface area contributed by atoms with Gasteiger partial charge in [-0.25, -0.2) is 8.42 Å². The second-order valence-corrected chi connectivity index (χ2v) is 9.27. The van der Waals surface area contributed by atoms with Crippen LogP contribution in [0.4, 0.5) is 5.69 Å². The summed E-state index contributed by atoms with van der Waals surface area (Å²) in [7, 11) is -2.47. The van der Waals surface area contributed by atoms with Crippen LogP contribution in [-0.2, 0) is 21.2 Å². The number of rotatable bonds is 8. The number of aryl methyl sites for hydroxylation is 1. The van der Waals surface area contributed by atoms with Gasteiger partial charge in [0.2, 0.25) is 22.7 Å². The third kappa shape index (κ3) is 5.27. The lowest BCUT2D eigenvalue weighted by Crippen LogP contribution is -2.45. The molecular formula is C24H24N2O6S. The van der Waals surface area contributed by atoms with E-state index in [2.05, 4.69) is 10.0 Å². The lowest BCUT2D eigenvalue weighted by molar-refractivity contribution is -0.117. The summed E-state index contributed by atoms with van der Waals surface area (Å²) >= 11 is 0. The first-order valence-electron chi connectivity index (χ1n) is 10.3. The molecule has 3 aromatic rings. The van der Waals surface area contributed by atoms with Gasteiger partial charge in [-0.15, -0.1) is 0 Å². The average Bonchev–Trinajstić information content (AvgIpc) is 3.27. The van der Waals surface area contributed by atoms with E-state index in [1.807, 2.05) is 30.3 Å². The monoisotopic (exact) mass is 468 g/mol. The Balaban J connectivity index is 1.58. The third-order valence-electron chi connectivity index (χ3n) is 5.21. The number of methoxy groups -OCH3 is 1. The number of carbonyl (C=O) groups is 1. The quantitative estimate of drug-likeness (QED) is 0.526. The number of hydrogen-bond donors (Lipinski definition) is 2. The Morgan fingerprint density at radius 2 is 1.79 bits per heavy atom. The summed E-state index contributed by atoms with van der Waals surface area (Å²) in [5, 5.41) is 2.77. The zero-order valence-corrected chi connectivity index (χ0v) is 19.0. The van der Waals surface area contributed by atoms with E-state index in [-0.39, 0.29) is 18.1 Å². The number of benzene rings is 3. The van der Waals surface area contributed by atoms with Gasteiger partial charge in [0.15, 0.2) is 11.5 Å². The van der Waals surface area contributed by atoms with Gasteiger partial charge in [-0.2, -0.15) is 4.72 Å². The number of sulfonamides is 1. The zero-order valence-electron chi connectivity index (χ0n) is 18.2. The topological polar surface area (TPSA) is 103 Å². The molecule has 1 aliphatic heterocycles. The van der Waals surface area contributed by atoms with Gasteiger partial charge in [0.05, 0.1) is 12.0 Å². The van der Waals surface area contributed by atoms with Gasteiger partial charge >= 0.3 is 0 Å². The van der Waals surface area contributed by atoms with Gasteiger partial charge in [-0.1, -0.05) is 30.3 Å². The summed E-state index contributed by atoms with van der Waals surface area (Å²) in [5.74, 6) is 1.19. The van der Waals surface area contributed by atoms with E-state index in [9.17, 15) is 13.2 Å². The van der Waals surface area contributed by atoms with Crippen LogP contribution in [0.5, 0.6) is 17.2 Å². The maximum Gasteiger partial charge on any atom is 0.242 e. The maximum atomic E-state index is 13.2. The third-order valence-corrected chi connectivity index (χ3v) is 6.68. The summed E-state index contributed by atoms with van der Waals surface area (Å²) in [5.41, 5.74) is 1.96. The Bertz CT molecular complexity index is 1260. The van der Waals surface area contributed by atoms with Gasteiger partial charge in [0.25, 0.3) is 0 Å². The molecule has 0 radical (unpaired) electrons. The number of carbonyl (C=O) groups excluding carboxylic acids is 1. The van der Waals surface area contributed by atoms with E-state index in [0.717, 1.165) is 5.56 Å². The van der Waals surface area contributed by atoms with E-state index in [0.29, 0.717) is 28.5 Å². The smallest absolute Gasteiger partial charge is 0.242 e. The molecule has 8 nitrogen and oxygen atoms in total. The van der Waals surface area contributed by atoms with Gasteiger partial charge < -0.3 is 19.5 Å². The van der Waals surface area contributed by atoms with Crippen LogP contribution in [0.15, 0.2) is 71.6 Å². The van der Waals surface area contributed by atoms with Crippen molar-refractivity contribution >= 4 is 21.6 Å². The second kappa shape index (κ2) is 9.51. The van der Waals surface area contributed by atoms with Crippen molar-refractivity contribution in [3.8, 4) is 17.2 Å². The molecule has 33 heavy (non-hydrogen) atoms. The molecule has 9 heteroatoms. The molecule has 3 aromatic carbocycles. The van der Waals surface area contributed by atoms with E-state index in [1.54, 1.807) is 31.2 Å². The van der Waals surface area contributed by atoms with Crippen molar-refractivity contribution < 1.29 is 27.4 Å². The Hall–Kier alpha value is -3.56. The molecule has 2 N–H and O–H groups in total. The molecule has 0 spiro atoms. The molecule has 172 valence electrons. The van der Waals surface area contributed by atoms with Crippen molar-refractivity contribution in [3.63, 3.8) is 0 Å². The molecule has 1 heterocycles. The van der Waals surface area contributed by atoms with Gasteiger partial charge in [-0.05, 0) is 54.8 Å². The normalized spacial score (nSPS) is 13.4. The highest BCUT2D eigenvalue weighted by molar-refractivity contribution is 7.89. The molecule has 0 aromatic heterocycles. The molecule has 0 fully saturated rings. The van der Waals surface area contributed by atoms with Crippen LogP contribution in [0, 0.1) is 6.92 Å². The summed E-state index contributed by atoms with van der Waals surface area (Å²) in [6, 6.07) is 17.7. The molecule has 0 saturated heterocycles. The second-order valence-electron chi connectivity index (χ2n) is 7.55. The summed E-state index contributed by atoms with van der Waals surface area (Å²) in [6.07, 6.45) is 0.172. The predicted molar refractivity (Wildman–Crippen MR) is 123 cm³/mol. The largest absolute Gasteiger partial charge is 0.496 e. The lowest BCUT2D eigenvalue weighted by atomic mass is 10.1. The number of amides is 1. The average molecular weight is 469 g/mol. The van der Waals surface area contributed by atoms with Crippen molar-refractivity contribution in [1.29, 1.82) is 0 Å². The van der Waals surface area contributed by atoms with Gasteiger partial charge in [0.1, 0.15) is 11.8 Å². The van der Waals surface area contributed by atoms with Crippen molar-refractivity contribution in [3.05, 3.63) is 77.9 Å². The molecule has 1 aliphatic rings. The summed E-state index contributed by atoms with van der Waals surface area (Å²) in [6.45, 7) is 1.87. The minimum Gasteiger partial charge on any atom is -0.496 e. The van der Waals surface area contributed by atoms with Crippen LogP contribution < -0.4 is 24.2 Å². The highest BCUT2D eigenvalue weighted by Crippen LogP contribution is 2.34. The Morgan fingerprint density at radius 1 is 1.03 bits per heavy atom. The van der Waals surface area contributed by atoms with E-state index < -0.39 is 22.0 Å². The number of fused-ring (bicyclic) bond motifs is 1. The van der Waals surface area contributed by atoms with Gasteiger partial charge in [-0.3, -0.25) is 4.79 Å². The molecule has 4 rings (SSSR count). The standard InChI is InChI=1S/C24H24N2O6S/c1-16-12-19(9-11-21(16)30-2)33(28,29)26-20(13-17-6-4-3-5-7-17)24(27)25-18-8-10-22-23(14-18)32-15-31-22/h3-12,14,20,26H,13,15H2,1-2H3,(H,25,27). The van der Waals surface area contributed by atoms with Crippen LogP contribution in [0.3, 0.4) is 0 Å². The minimum absolute atomic E-state index is 0.0507. The van der Waals surface area contributed by atoms with Crippen LogP contribution in [0.1, 0.15) is 11.1 Å². The van der Waals surface area contributed by atoms with Crippen molar-refractivity contribution in [2.75, 3.05) is 19.2 Å². The first-order valence-corrected chi connectivity index (χ1v) is 11.8. The lowest BCUT2D eigenvalue weighted by Gasteiger charge is -2.19. The SMILES string of the molecule is COc1ccc(S(=O)(=O)NC(Cc2ccccc2)C(=O)Nc2ccc3c(c2)OCO3)cc1C. The summed E-state index contributed by atoms with van der Waals surface area (Å²) < 4.78 is 44.7. The van der Waals surface area contributed by atoms with E-state index >= 15 is 0 Å². The fourth-order valence-corrected chi connectivity index (χ4v) is 4.79. The Labute approximate surface area is 192 Å². The number of hydrogen-bond acceptors (Lipinski definition) is 6. The zero-order chi connectivity index (χ0) is 23.4. The van der Waals surface area contributed by atoms with Crippen molar-refractivity contribution in [1.82, 2.24) is 4.72 Å². The fourth-order valence-electron chi connectivity index (χ4n) is 3.51. The molecule has 0 aliphatic carbocycles. The predicted octanol–water partition coefficient (Wildman–Crippen LogP) is 3.26. The molecule has 0 saturated carbocycles. The molecule has 1 unspecified atom stereocenters. The molecule has 1 atom stereocenters. The van der Waals surface area contributed by atoms with E-state index in [1.165, 1.54) is 19.2 Å². The van der Waals surface area contributed by atoms with E-state index in [4.69, 9.17) is 14.2 Å². The highest BCUT2D eigenvalue weighted by Gasteiger charge is 2.27. The molecule has 0 bridgehead atoms. The molecular weight excluding hydrogens is 444 g/mol. The number of ether oxygens (including phenoxy) is 3. The van der Waals surface area contributed by atoms with Crippen LogP contribution in [0.2, 0.25) is 0 Å². The number of anilines is 1. The minimum atomic E-state index is -3.99. The Kier molecular flexibility index (Phi) is 6.52. The number of nitrogens with one attached hydrogen (secondary N) is 2. The first-order chi connectivity index (χ1) is 15.9. The van der Waals surface area contributed by atoms with Gasteiger partial charge in [0, 0.05) is 11.8 Å². The first kappa shape index (κ1) is 22.6. The fraction of sp³-hybridized carbons (Fsp3) is 0.208. The van der Waals surface area contributed by atoms with Crippen LogP contribution in [0.25, 0.3) is 0 Å². The summed E-state index contributed by atoms with van der Waals surface area (Å²) in [4.78, 5) is 13.2. The van der Waals surface area contributed by atoms with Crippen molar-refractivity contribution in [2.45, 2.75) is 24.3 Å². The maximum absolute atomic E-state index is 13.2. The van der Waals surface area contributed by atoms with Crippen LogP contribution >= 0.6 is 0 Å². The van der Waals surface area contributed by atoms with Crippen LogP contribution in [-0.4, -0.2) is 34.3 Å². The van der Waals surface area contributed by atoms with Crippen molar-refractivity contribution in [2.24, 2.45) is 0 Å². The Morgan fingerprint density at radius 3 is 2.52 bits per heavy atom.